The van der Waals surface area contributed by atoms with Crippen LogP contribution in [-0.2, 0) is 16.1 Å². The van der Waals surface area contributed by atoms with E-state index in [-0.39, 0.29) is 12.1 Å². The Hall–Kier alpha value is -2.54. The molecule has 2 bridgehead atoms. The number of fused-ring (bicyclic) bond motifs is 2. The molecule has 0 N–H and O–H groups in total. The van der Waals surface area contributed by atoms with Gasteiger partial charge in [-0.1, -0.05) is 29.3 Å². The Morgan fingerprint density at radius 3 is 2.34 bits per heavy atom. The molecular formula is C30H33Cl2N3O3. The van der Waals surface area contributed by atoms with Crippen molar-refractivity contribution in [2.45, 2.75) is 76.9 Å². The molecule has 200 valence electrons. The van der Waals surface area contributed by atoms with Crippen LogP contribution < -0.4 is 4.90 Å². The van der Waals surface area contributed by atoms with Crippen LogP contribution >= 0.6 is 23.2 Å². The van der Waals surface area contributed by atoms with Crippen LogP contribution in [0.1, 0.15) is 68.5 Å². The van der Waals surface area contributed by atoms with E-state index < -0.39 is 5.60 Å². The average molecular weight is 555 g/mol. The van der Waals surface area contributed by atoms with E-state index in [0.29, 0.717) is 40.2 Å². The molecule has 3 fully saturated rings. The normalized spacial score (nSPS) is 22.8. The topological polar surface area (TPSA) is 56.6 Å². The highest BCUT2D eigenvalue weighted by Gasteiger charge is 2.45. The molecule has 0 spiro atoms. The Bertz CT molecular complexity index is 1320. The van der Waals surface area contributed by atoms with Crippen LogP contribution in [0.25, 0.3) is 11.1 Å². The van der Waals surface area contributed by atoms with E-state index in [9.17, 15) is 4.79 Å². The third kappa shape index (κ3) is 5.06. The second kappa shape index (κ2) is 9.89. The largest absolute Gasteiger partial charge is 0.456 e. The van der Waals surface area contributed by atoms with Gasteiger partial charge in [-0.05, 0) is 82.9 Å². The van der Waals surface area contributed by atoms with Gasteiger partial charge in [0.15, 0.2) is 0 Å². The molecular weight excluding hydrogens is 521 g/mol. The van der Waals surface area contributed by atoms with Crippen LogP contribution in [0.4, 0.5) is 5.69 Å². The number of carbonyl (C=O) groups is 1. The molecule has 38 heavy (non-hydrogen) atoms. The number of nitrogens with zero attached hydrogens (tertiary/aromatic N) is 3. The highest BCUT2D eigenvalue weighted by Crippen LogP contribution is 2.44. The first kappa shape index (κ1) is 25.7. The molecule has 0 radical (unpaired) electrons. The molecule has 2 aliphatic carbocycles. The molecule has 6 rings (SSSR count). The number of hydrogen-bond acceptors (Lipinski definition) is 5. The fraction of sp³-hybridized carbons (Fsp3) is 0.467. The summed E-state index contributed by atoms with van der Waals surface area (Å²) < 4.78 is 14.2. The van der Waals surface area contributed by atoms with Crippen molar-refractivity contribution in [1.82, 2.24) is 9.78 Å². The first-order valence-electron chi connectivity index (χ1n) is 13.4. The van der Waals surface area contributed by atoms with Gasteiger partial charge in [-0.25, -0.2) is 4.79 Å². The molecule has 1 aromatic heterocycles. The maximum Gasteiger partial charge on any atom is 0.338 e. The minimum atomic E-state index is -0.504. The van der Waals surface area contributed by atoms with Gasteiger partial charge in [-0.2, -0.15) is 5.10 Å². The monoisotopic (exact) mass is 553 g/mol. The maximum atomic E-state index is 12.4. The zero-order valence-corrected chi connectivity index (χ0v) is 23.5. The number of aromatic nitrogens is 2. The van der Waals surface area contributed by atoms with Gasteiger partial charge >= 0.3 is 5.97 Å². The Balaban J connectivity index is 1.12. The predicted molar refractivity (Wildman–Crippen MR) is 150 cm³/mol. The van der Waals surface area contributed by atoms with Crippen LogP contribution in [0.3, 0.4) is 0 Å². The van der Waals surface area contributed by atoms with Crippen LogP contribution in [0.15, 0.2) is 48.7 Å². The number of rotatable bonds is 7. The zero-order chi connectivity index (χ0) is 26.6. The van der Waals surface area contributed by atoms with E-state index in [2.05, 4.69) is 9.58 Å². The second-order valence-corrected chi connectivity index (χ2v) is 12.5. The summed E-state index contributed by atoms with van der Waals surface area (Å²) in [5.74, 6) is 0.179. The predicted octanol–water partition coefficient (Wildman–Crippen LogP) is 7.33. The molecule has 3 aromatic rings. The van der Waals surface area contributed by atoms with Crippen molar-refractivity contribution in [1.29, 1.82) is 0 Å². The number of hydrogen-bond donors (Lipinski definition) is 0. The number of ether oxygens (including phenoxy) is 2. The number of benzene rings is 2. The summed E-state index contributed by atoms with van der Waals surface area (Å²) in [6, 6.07) is 14.3. The van der Waals surface area contributed by atoms with Crippen LogP contribution in [-0.4, -0.2) is 40.0 Å². The lowest BCUT2D eigenvalue weighted by molar-refractivity contribution is 0.00694. The summed E-state index contributed by atoms with van der Waals surface area (Å²) >= 11 is 13.1. The molecule has 3 aliphatic rings. The molecule has 3 atom stereocenters. The SMILES string of the molecule is CC(C)(C)OC(=O)c1ccc(N2C[C@@H]3C[C@H]2C[C@H]3OCc2c(-c3c(Cl)cccc3Cl)cnn2C2CC2)cc1. The number of halogens is 2. The van der Waals surface area contributed by atoms with E-state index >= 15 is 0 Å². The lowest BCUT2D eigenvalue weighted by Gasteiger charge is -2.33. The fourth-order valence-corrected chi connectivity index (χ4v) is 6.47. The van der Waals surface area contributed by atoms with Gasteiger partial charge in [0.25, 0.3) is 0 Å². The zero-order valence-electron chi connectivity index (χ0n) is 22.0. The lowest BCUT2D eigenvalue weighted by Crippen LogP contribution is -2.38. The van der Waals surface area contributed by atoms with Crippen molar-refractivity contribution in [2.24, 2.45) is 5.92 Å². The van der Waals surface area contributed by atoms with E-state index in [4.69, 9.17) is 37.8 Å². The first-order valence-corrected chi connectivity index (χ1v) is 14.2. The molecule has 0 amide bonds. The Morgan fingerprint density at radius 1 is 1.03 bits per heavy atom. The number of carbonyl (C=O) groups excluding carboxylic acids is 1. The van der Waals surface area contributed by atoms with E-state index in [0.717, 1.165) is 54.7 Å². The van der Waals surface area contributed by atoms with E-state index in [1.165, 1.54) is 0 Å². The van der Waals surface area contributed by atoms with Gasteiger partial charge in [0.05, 0.1) is 46.3 Å². The molecule has 0 unspecified atom stereocenters. The number of esters is 1. The van der Waals surface area contributed by atoms with Gasteiger partial charge in [-0.3, -0.25) is 4.68 Å². The summed E-state index contributed by atoms with van der Waals surface area (Å²) in [6.45, 7) is 7.08. The summed E-state index contributed by atoms with van der Waals surface area (Å²) in [5.41, 5.74) is 4.06. The van der Waals surface area contributed by atoms with Crippen molar-refractivity contribution in [2.75, 3.05) is 11.4 Å². The van der Waals surface area contributed by atoms with Crippen LogP contribution in [0, 0.1) is 5.92 Å². The van der Waals surface area contributed by atoms with Crippen LogP contribution in [0.2, 0.25) is 10.0 Å². The van der Waals surface area contributed by atoms with Crippen molar-refractivity contribution in [3.8, 4) is 11.1 Å². The number of anilines is 1. The fourth-order valence-electron chi connectivity index (χ4n) is 5.87. The first-order chi connectivity index (χ1) is 18.2. The van der Waals surface area contributed by atoms with Gasteiger partial charge in [-0.15, -0.1) is 0 Å². The van der Waals surface area contributed by atoms with Crippen molar-refractivity contribution in [3.63, 3.8) is 0 Å². The van der Waals surface area contributed by atoms with Crippen LogP contribution in [0.5, 0.6) is 0 Å². The summed E-state index contributed by atoms with van der Waals surface area (Å²) in [5, 5.41) is 5.95. The average Bonchev–Trinajstić information content (AvgIpc) is 3.32. The van der Waals surface area contributed by atoms with E-state index in [1.807, 2.05) is 69.4 Å². The highest BCUT2D eigenvalue weighted by molar-refractivity contribution is 6.39. The summed E-state index contributed by atoms with van der Waals surface area (Å²) in [6.07, 6.45) is 6.46. The lowest BCUT2D eigenvalue weighted by atomic mass is 10.0. The summed E-state index contributed by atoms with van der Waals surface area (Å²) in [7, 11) is 0. The quantitative estimate of drug-likeness (QED) is 0.286. The van der Waals surface area contributed by atoms with Gasteiger partial charge in [0, 0.05) is 35.3 Å². The highest BCUT2D eigenvalue weighted by atomic mass is 35.5. The van der Waals surface area contributed by atoms with Gasteiger partial charge in [0.1, 0.15) is 5.60 Å². The minimum Gasteiger partial charge on any atom is -0.456 e. The second-order valence-electron chi connectivity index (χ2n) is 11.7. The third-order valence-electron chi connectivity index (χ3n) is 7.77. The van der Waals surface area contributed by atoms with Crippen molar-refractivity contribution >= 4 is 34.9 Å². The molecule has 2 saturated carbocycles. The Morgan fingerprint density at radius 2 is 1.74 bits per heavy atom. The molecule has 2 heterocycles. The smallest absolute Gasteiger partial charge is 0.338 e. The molecule has 1 saturated heterocycles. The van der Waals surface area contributed by atoms with Gasteiger partial charge in [0.2, 0.25) is 0 Å². The van der Waals surface area contributed by atoms with Gasteiger partial charge < -0.3 is 14.4 Å². The Labute approximate surface area is 233 Å². The standard InChI is InChI=1S/C30H33Cl2N3O3/c1-30(2,3)38-29(36)18-7-9-20(10-8-18)34-16-19-13-22(34)14-27(19)37-17-26-23(15-33-35(26)21-11-12-21)28-24(31)5-4-6-25(28)32/h4-10,15,19,21-22,27H,11-14,16-17H2,1-3H3/t19-,22-,27+/m0/s1. The molecule has 6 nitrogen and oxygen atoms in total. The molecule has 2 aromatic carbocycles. The minimum absolute atomic E-state index is 0.203. The van der Waals surface area contributed by atoms with E-state index in [1.54, 1.807) is 0 Å². The molecule has 1 aliphatic heterocycles. The van der Waals surface area contributed by atoms with Crippen molar-refractivity contribution < 1.29 is 14.3 Å². The van der Waals surface area contributed by atoms with Crippen molar-refractivity contribution in [3.05, 3.63) is 70.0 Å². The summed E-state index contributed by atoms with van der Waals surface area (Å²) in [4.78, 5) is 14.8. The maximum absolute atomic E-state index is 12.4. The molecule has 8 heteroatoms. The third-order valence-corrected chi connectivity index (χ3v) is 8.40. The number of piperidine rings is 1. The Kier molecular flexibility index (Phi) is 6.69.